The van der Waals surface area contributed by atoms with E-state index in [2.05, 4.69) is 31.9 Å². The topological polar surface area (TPSA) is 520 Å². The van der Waals surface area contributed by atoms with Crippen LogP contribution in [0.2, 0.25) is 0 Å². The molecule has 4 aromatic carbocycles. The van der Waals surface area contributed by atoms with Crippen molar-refractivity contribution in [3.05, 3.63) is 95.1 Å². The van der Waals surface area contributed by atoms with Crippen LogP contribution in [-0.4, -0.2) is 397 Å². The molecule has 43 nitrogen and oxygen atoms in total. The summed E-state index contributed by atoms with van der Waals surface area (Å²) in [5.41, 5.74) is 4.06. The number of carboxylic acid groups (broad SMARTS) is 1. The molecule has 4 aliphatic rings. The summed E-state index contributed by atoms with van der Waals surface area (Å²) in [5, 5.41) is 52.0. The number of alkyl carbamates (subject to hydrolysis) is 4. The van der Waals surface area contributed by atoms with Gasteiger partial charge in [0.25, 0.3) is 0 Å². The van der Waals surface area contributed by atoms with E-state index in [0.29, 0.717) is 303 Å². The minimum absolute atomic E-state index is 0.00686. The average Bonchev–Trinajstić information content (AvgIpc) is 1.67. The Morgan fingerprint density at radius 1 is 0.308 bits per heavy atom. The molecule has 0 aromatic heterocycles. The molecule has 8 rings (SSSR count). The van der Waals surface area contributed by atoms with Crippen molar-refractivity contribution in [1.82, 2.24) is 31.9 Å². The number of esters is 1. The minimum atomic E-state index is -0.713. The molecule has 0 spiro atoms. The Labute approximate surface area is 847 Å². The summed E-state index contributed by atoms with van der Waals surface area (Å²) in [5.74, 6) is 7.67. The van der Waals surface area contributed by atoms with Crippen molar-refractivity contribution < 1.29 is 177 Å². The molecular formula is C98H156N6O37S2. The Morgan fingerprint density at radius 3 is 0.776 bits per heavy atom. The number of rotatable bonds is 75. The first-order valence-electron chi connectivity index (χ1n) is 48.2. The maximum Gasteiger partial charge on any atom is 0.407 e. The fourth-order valence-electron chi connectivity index (χ4n) is 14.1. The summed E-state index contributed by atoms with van der Waals surface area (Å²) in [7, 11) is 12.7. The number of thioether (sulfide) groups is 2. The molecule has 4 heterocycles. The van der Waals surface area contributed by atoms with Gasteiger partial charge in [-0.2, -0.15) is 23.5 Å². The highest BCUT2D eigenvalue weighted by Gasteiger charge is 2.44. The third kappa shape index (κ3) is 60.1. The van der Waals surface area contributed by atoms with E-state index in [4.69, 9.17) is 139 Å². The Morgan fingerprint density at radius 2 is 0.538 bits per heavy atom. The molecule has 4 fully saturated rings. The predicted molar refractivity (Wildman–Crippen MR) is 530 cm³/mol. The van der Waals surface area contributed by atoms with Crippen LogP contribution in [0.3, 0.4) is 0 Å². The number of fused-ring (bicyclic) bond motifs is 2. The molecule has 143 heavy (non-hydrogen) atoms. The summed E-state index contributed by atoms with van der Waals surface area (Å²) in [6.07, 6.45) is 8.16. The van der Waals surface area contributed by atoms with Gasteiger partial charge in [0, 0.05) is 97.8 Å². The number of aliphatic hydroxyl groups excluding tert-OH is 3. The van der Waals surface area contributed by atoms with Gasteiger partial charge < -0.3 is 171 Å². The Bertz CT molecular complexity index is 3820. The number of ether oxygens (including phenoxy) is 25. The normalized spacial score (nSPS) is 15.5. The smallest absolute Gasteiger partial charge is 0.407 e. The molecule has 812 valence electrons. The summed E-state index contributed by atoms with van der Waals surface area (Å²) < 4.78 is 130. The minimum Gasteiger partial charge on any atom is -0.493 e. The molecule has 0 unspecified atom stereocenters. The summed E-state index contributed by atoms with van der Waals surface area (Å²) in [6.45, 7) is 11.8. The number of hydrogen-bond acceptors (Lipinski definition) is 38. The first-order valence-corrected chi connectivity index (χ1v) is 50.3. The number of hydrogen-bond donors (Lipinski definition) is 10. The van der Waals surface area contributed by atoms with E-state index in [1.165, 1.54) is 0 Å². The number of nitrogens with one attached hydrogen (secondary N) is 6. The van der Waals surface area contributed by atoms with E-state index in [0.717, 1.165) is 72.3 Å². The van der Waals surface area contributed by atoms with Crippen LogP contribution in [0.1, 0.15) is 86.5 Å². The van der Waals surface area contributed by atoms with Crippen LogP contribution < -0.4 is 69.8 Å². The summed E-state index contributed by atoms with van der Waals surface area (Å²) in [6, 6.07) is 23.2. The van der Waals surface area contributed by atoms with Gasteiger partial charge in [0.05, 0.1) is 235 Å². The van der Waals surface area contributed by atoms with Gasteiger partial charge in [0.2, 0.25) is 11.8 Å². The molecular weight excluding hydrogens is 1920 g/mol. The maximum atomic E-state index is 11.9. The number of carbonyl (C=O) groups excluding carboxylic acids is 7. The van der Waals surface area contributed by atoms with Gasteiger partial charge in [-0.15, -0.1) is 0 Å². The second-order valence-electron chi connectivity index (χ2n) is 31.5. The molecule has 4 aliphatic heterocycles. The van der Waals surface area contributed by atoms with Crippen molar-refractivity contribution in [2.45, 2.75) is 112 Å². The maximum absolute atomic E-state index is 11.9. The summed E-state index contributed by atoms with van der Waals surface area (Å²) >= 11 is 3.87. The number of benzene rings is 4. The monoisotopic (exact) mass is 2070 g/mol. The highest BCUT2D eigenvalue weighted by molar-refractivity contribution is 8.00. The van der Waals surface area contributed by atoms with Crippen molar-refractivity contribution in [1.29, 1.82) is 0 Å². The molecule has 0 radical (unpaired) electrons. The Balaban J connectivity index is 0.000000384. The zero-order chi connectivity index (χ0) is 104. The number of aliphatic carboxylic acids is 1. The van der Waals surface area contributed by atoms with Gasteiger partial charge in [-0.3, -0.25) is 19.2 Å². The fourth-order valence-corrected chi connectivity index (χ4v) is 17.4. The average molecular weight is 2070 g/mol. The lowest BCUT2D eigenvalue weighted by atomic mass is 9.94. The van der Waals surface area contributed by atoms with Crippen LogP contribution >= 0.6 is 23.5 Å². The van der Waals surface area contributed by atoms with Crippen LogP contribution in [0, 0.1) is 11.8 Å². The zero-order valence-electron chi connectivity index (χ0n) is 84.2. The number of carboxylic acids is 1. The largest absolute Gasteiger partial charge is 0.493 e. The lowest BCUT2D eigenvalue weighted by Crippen LogP contribution is -2.29. The van der Waals surface area contributed by atoms with Gasteiger partial charge in [-0.05, 0) is 122 Å². The second kappa shape index (κ2) is 83.5. The van der Waals surface area contributed by atoms with E-state index in [1.54, 1.807) is 56.9 Å². The van der Waals surface area contributed by atoms with E-state index in [-0.39, 0.29) is 83.7 Å². The van der Waals surface area contributed by atoms with Crippen molar-refractivity contribution in [2.75, 3.05) is 306 Å². The van der Waals surface area contributed by atoms with Gasteiger partial charge in [-0.1, -0.05) is 37.1 Å². The SMILES string of the molecule is COc1ccc(CCNC(=O)OCCOCCOCCOCCO)cc1OC.COc1ccc(CCNC(=O)OCCOCCOCCOCCO)cc1OC.COc1ccc(CCNC(=O)OCCOCCOCCOCCO)cc1OC.COc1ccc(CCNC(=O)OCCOCCOCCOCCOC(=O)CCCC[C@H]2SC[C@H]3NC(=O)C[C@H]32)cc1OC.O=C(O)CCCC[C@H]1SC[C@H]2NC(=O)C[C@H]21. The van der Waals surface area contributed by atoms with E-state index in [1.807, 2.05) is 96.3 Å². The predicted octanol–water partition coefficient (Wildman–Crippen LogP) is 7.04. The highest BCUT2D eigenvalue weighted by Crippen LogP contribution is 2.42. The molecule has 4 aromatic rings. The lowest BCUT2D eigenvalue weighted by Gasteiger charge is -2.15. The van der Waals surface area contributed by atoms with Crippen LogP contribution in [0.25, 0.3) is 0 Å². The van der Waals surface area contributed by atoms with E-state index >= 15 is 0 Å². The summed E-state index contributed by atoms with van der Waals surface area (Å²) in [4.78, 5) is 91.7. The molecule has 6 amide bonds. The first kappa shape index (κ1) is 126. The lowest BCUT2D eigenvalue weighted by molar-refractivity contribution is -0.145. The second-order valence-corrected chi connectivity index (χ2v) is 34.0. The molecule has 4 saturated heterocycles. The quantitative estimate of drug-likeness (QED) is 0.0120. The first-order chi connectivity index (χ1) is 69.8. The number of amides is 6. The molecule has 6 atom stereocenters. The van der Waals surface area contributed by atoms with Crippen LogP contribution in [-0.2, 0) is 125 Å². The Hall–Kier alpha value is -9.66. The van der Waals surface area contributed by atoms with E-state index in [9.17, 15) is 38.4 Å². The van der Waals surface area contributed by atoms with Crippen LogP contribution in [0.4, 0.5) is 19.2 Å². The third-order valence-electron chi connectivity index (χ3n) is 21.3. The number of aliphatic hydroxyl groups is 3. The molecule has 0 bridgehead atoms. The molecule has 0 saturated carbocycles. The highest BCUT2D eigenvalue weighted by atomic mass is 32.2. The molecule has 45 heteroatoms. The third-order valence-corrected chi connectivity index (χ3v) is 24.4. The molecule has 0 aliphatic carbocycles. The number of unbranched alkanes of at least 4 members (excludes halogenated alkanes) is 2. The van der Waals surface area contributed by atoms with Gasteiger partial charge in [-0.25, -0.2) is 19.2 Å². The van der Waals surface area contributed by atoms with Crippen molar-refractivity contribution in [3.8, 4) is 46.0 Å². The van der Waals surface area contributed by atoms with E-state index < -0.39 is 30.3 Å². The van der Waals surface area contributed by atoms with Crippen molar-refractivity contribution >= 4 is 71.6 Å². The van der Waals surface area contributed by atoms with Crippen molar-refractivity contribution in [3.63, 3.8) is 0 Å². The van der Waals surface area contributed by atoms with Gasteiger partial charge >= 0.3 is 36.3 Å². The van der Waals surface area contributed by atoms with Crippen LogP contribution in [0.15, 0.2) is 72.8 Å². The standard InChI is InChI=1S/C30H46N2O10S.3C19H31NO8.C11H17NO3S/c1-36-25-8-7-22(19-26(25)37-2)9-10-31-30(35)42-18-16-40-14-12-38-11-13-39-15-17-41-29(34)6-4-3-5-27-23-20-28(33)32-24(23)21-43-27;3*1-23-17-4-3-16(15-18(17)24-2)5-6-20-19(22)28-14-13-27-12-11-26-10-9-25-8-7-21;13-10-5-7-8(12-10)6-16-9(7)3-1-2-4-11(14)15/h7-8,19,23-24,27H,3-6,9-18,20-21H2,1-2H3,(H,31,35)(H,32,33);3*3-4,15,21H,5-14H2,1-2H3,(H,20,22);7-9H,1-6H2,(H,12,13)(H,14,15)/t23-,24-,27-;;;;7-,8-,9-/m1...1/s1. The van der Waals surface area contributed by atoms with Gasteiger partial charge in [0.15, 0.2) is 46.0 Å². The number of carbonyl (C=O) groups is 8. The van der Waals surface area contributed by atoms with Crippen LogP contribution in [0.5, 0.6) is 46.0 Å². The Kier molecular flexibility index (Phi) is 73.4. The zero-order valence-corrected chi connectivity index (χ0v) is 85.9. The van der Waals surface area contributed by atoms with Gasteiger partial charge in [0.1, 0.15) is 33.0 Å². The van der Waals surface area contributed by atoms with Crippen molar-refractivity contribution in [2.24, 2.45) is 11.8 Å². The number of methoxy groups -OCH3 is 8. The molecule has 10 N–H and O–H groups in total. The fraction of sp³-hybridized carbons (Fsp3) is 0.673.